The molecule has 2 N–H and O–H groups in total. The molecule has 1 aromatic heterocycles. The van der Waals surface area contributed by atoms with Crippen LogP contribution in [-0.2, 0) is 13.0 Å². The molecule has 1 aromatic rings. The predicted octanol–water partition coefficient (Wildman–Crippen LogP) is 2.79. The molecule has 4 nitrogen and oxygen atoms in total. The van der Waals surface area contributed by atoms with Crippen molar-refractivity contribution in [2.75, 3.05) is 7.05 Å². The van der Waals surface area contributed by atoms with Crippen LogP contribution in [-0.4, -0.2) is 23.5 Å². The van der Waals surface area contributed by atoms with Crippen molar-refractivity contribution in [3.63, 3.8) is 0 Å². The van der Waals surface area contributed by atoms with Gasteiger partial charge in [-0.05, 0) is 27.2 Å². The number of nitrogens with zero attached hydrogens (tertiary/aromatic N) is 2. The van der Waals surface area contributed by atoms with Crippen LogP contribution in [0.4, 0.5) is 0 Å². The van der Waals surface area contributed by atoms with Crippen LogP contribution in [0.1, 0.15) is 37.6 Å². The molecule has 6 heteroatoms. The molecule has 0 saturated heterocycles. The van der Waals surface area contributed by atoms with Crippen LogP contribution in [0, 0.1) is 0 Å². The van der Waals surface area contributed by atoms with Gasteiger partial charge in [-0.1, -0.05) is 6.92 Å². The molecular formula is C12H23IN4S. The Kier molecular flexibility index (Phi) is 7.77. The van der Waals surface area contributed by atoms with Gasteiger partial charge in [0.1, 0.15) is 5.01 Å². The van der Waals surface area contributed by atoms with Gasteiger partial charge in [-0.3, -0.25) is 4.99 Å². The van der Waals surface area contributed by atoms with Crippen molar-refractivity contribution < 1.29 is 0 Å². The summed E-state index contributed by atoms with van der Waals surface area (Å²) in [5.41, 5.74) is 0.0132. The van der Waals surface area contributed by atoms with Gasteiger partial charge in [0.25, 0.3) is 0 Å². The maximum absolute atomic E-state index is 4.36. The number of aliphatic imine (C=N–C) groups is 1. The number of hydrogen-bond donors (Lipinski definition) is 2. The second-order valence-corrected chi connectivity index (χ2v) is 6.07. The topological polar surface area (TPSA) is 49.3 Å². The third-order valence-corrected chi connectivity index (χ3v) is 3.22. The number of thiazole rings is 1. The van der Waals surface area contributed by atoms with Gasteiger partial charge in [-0.15, -0.1) is 35.3 Å². The molecule has 0 spiro atoms. The molecule has 0 bridgehead atoms. The number of rotatable bonds is 3. The smallest absolute Gasteiger partial charge is 0.191 e. The van der Waals surface area contributed by atoms with E-state index in [9.17, 15) is 0 Å². The molecule has 0 saturated carbocycles. The van der Waals surface area contributed by atoms with Crippen LogP contribution in [0.25, 0.3) is 0 Å². The molecule has 1 rings (SSSR count). The minimum Gasteiger partial charge on any atom is -0.352 e. The van der Waals surface area contributed by atoms with Crippen molar-refractivity contribution in [3.05, 3.63) is 16.1 Å². The molecule has 18 heavy (non-hydrogen) atoms. The summed E-state index contributed by atoms with van der Waals surface area (Å²) in [6.07, 6.45) is 2.99. The third-order valence-electron chi connectivity index (χ3n) is 2.07. The van der Waals surface area contributed by atoms with Crippen LogP contribution in [0.3, 0.4) is 0 Å². The first kappa shape index (κ1) is 17.6. The summed E-state index contributed by atoms with van der Waals surface area (Å²) in [7, 11) is 1.78. The molecular weight excluding hydrogens is 359 g/mol. The number of hydrogen-bond acceptors (Lipinski definition) is 3. The summed E-state index contributed by atoms with van der Waals surface area (Å²) in [6.45, 7) is 9.19. The molecule has 0 radical (unpaired) electrons. The van der Waals surface area contributed by atoms with E-state index < -0.39 is 0 Å². The van der Waals surface area contributed by atoms with E-state index in [4.69, 9.17) is 0 Å². The second-order valence-electron chi connectivity index (χ2n) is 4.87. The minimum absolute atomic E-state index is 0. The highest BCUT2D eigenvalue weighted by Crippen LogP contribution is 2.12. The number of aryl methyl sites for hydroxylation is 1. The Morgan fingerprint density at radius 1 is 1.44 bits per heavy atom. The fraction of sp³-hybridized carbons (Fsp3) is 0.667. The van der Waals surface area contributed by atoms with E-state index in [-0.39, 0.29) is 29.5 Å². The zero-order valence-electron chi connectivity index (χ0n) is 11.7. The Labute approximate surface area is 131 Å². The molecule has 0 aliphatic rings. The quantitative estimate of drug-likeness (QED) is 0.480. The second kappa shape index (κ2) is 7.93. The lowest BCUT2D eigenvalue weighted by molar-refractivity contribution is 0.501. The summed E-state index contributed by atoms with van der Waals surface area (Å²) >= 11 is 1.75. The molecule has 0 aliphatic heterocycles. The Balaban J connectivity index is 0.00000289. The lowest BCUT2D eigenvalue weighted by atomic mass is 10.1. The van der Waals surface area contributed by atoms with Crippen LogP contribution < -0.4 is 10.6 Å². The van der Waals surface area contributed by atoms with E-state index in [1.807, 2.05) is 6.20 Å². The first-order valence-corrected chi connectivity index (χ1v) is 6.68. The van der Waals surface area contributed by atoms with E-state index in [1.165, 1.54) is 4.88 Å². The maximum atomic E-state index is 4.36. The summed E-state index contributed by atoms with van der Waals surface area (Å²) in [5, 5.41) is 7.68. The van der Waals surface area contributed by atoms with Crippen molar-refractivity contribution in [2.45, 2.75) is 46.2 Å². The van der Waals surface area contributed by atoms with Crippen LogP contribution in [0.5, 0.6) is 0 Å². The Morgan fingerprint density at radius 3 is 2.56 bits per heavy atom. The summed E-state index contributed by atoms with van der Waals surface area (Å²) in [4.78, 5) is 9.87. The summed E-state index contributed by atoms with van der Waals surface area (Å²) < 4.78 is 0. The lowest BCUT2D eigenvalue weighted by Gasteiger charge is -2.23. The molecule has 0 unspecified atom stereocenters. The van der Waals surface area contributed by atoms with E-state index >= 15 is 0 Å². The first-order valence-electron chi connectivity index (χ1n) is 5.87. The highest BCUT2D eigenvalue weighted by molar-refractivity contribution is 14.0. The number of guanidine groups is 1. The molecule has 0 amide bonds. The number of aromatic nitrogens is 1. The van der Waals surface area contributed by atoms with E-state index in [1.54, 1.807) is 18.4 Å². The van der Waals surface area contributed by atoms with Gasteiger partial charge in [0.05, 0.1) is 6.54 Å². The first-order chi connectivity index (χ1) is 7.94. The highest BCUT2D eigenvalue weighted by atomic mass is 127. The van der Waals surface area contributed by atoms with Crippen molar-refractivity contribution in [3.8, 4) is 0 Å². The van der Waals surface area contributed by atoms with Gasteiger partial charge < -0.3 is 10.6 Å². The van der Waals surface area contributed by atoms with Crippen molar-refractivity contribution in [2.24, 2.45) is 4.99 Å². The fourth-order valence-electron chi connectivity index (χ4n) is 1.29. The van der Waals surface area contributed by atoms with E-state index in [0.29, 0.717) is 0 Å². The minimum atomic E-state index is 0. The SMILES string of the molecule is CCc1cnc(CNC(=NC)NC(C)(C)C)s1.I. The molecule has 0 aliphatic carbocycles. The molecule has 104 valence electrons. The van der Waals surface area contributed by atoms with Crippen LogP contribution >= 0.6 is 35.3 Å². The van der Waals surface area contributed by atoms with E-state index in [2.05, 4.69) is 48.3 Å². The third kappa shape index (κ3) is 6.53. The number of halogens is 1. The van der Waals surface area contributed by atoms with Gasteiger partial charge in [0, 0.05) is 23.7 Å². The van der Waals surface area contributed by atoms with Gasteiger partial charge in [-0.25, -0.2) is 4.98 Å². The van der Waals surface area contributed by atoms with Crippen molar-refractivity contribution >= 4 is 41.3 Å². The Hall–Kier alpha value is -0.370. The zero-order valence-corrected chi connectivity index (χ0v) is 14.8. The number of nitrogens with one attached hydrogen (secondary N) is 2. The lowest BCUT2D eigenvalue weighted by Crippen LogP contribution is -2.47. The molecule has 0 fully saturated rings. The van der Waals surface area contributed by atoms with Gasteiger partial charge >= 0.3 is 0 Å². The highest BCUT2D eigenvalue weighted by Gasteiger charge is 2.11. The van der Waals surface area contributed by atoms with Gasteiger partial charge in [0.15, 0.2) is 5.96 Å². The summed E-state index contributed by atoms with van der Waals surface area (Å²) in [6, 6.07) is 0. The monoisotopic (exact) mass is 382 g/mol. The average Bonchev–Trinajstić information content (AvgIpc) is 2.70. The Morgan fingerprint density at radius 2 is 2.11 bits per heavy atom. The van der Waals surface area contributed by atoms with Crippen molar-refractivity contribution in [1.29, 1.82) is 0 Å². The molecule has 0 aromatic carbocycles. The maximum Gasteiger partial charge on any atom is 0.191 e. The Bertz CT molecular complexity index is 382. The van der Waals surface area contributed by atoms with Crippen molar-refractivity contribution in [1.82, 2.24) is 15.6 Å². The normalized spacial score (nSPS) is 11.9. The fourth-order valence-corrected chi connectivity index (χ4v) is 2.09. The molecule has 0 atom stereocenters. The standard InChI is InChI=1S/C12H22N4S.HI/c1-6-9-7-14-10(17-9)8-15-11(13-5)16-12(2,3)4;/h7H,6,8H2,1-5H3,(H2,13,15,16);1H. The molecule has 1 heterocycles. The van der Waals surface area contributed by atoms with Gasteiger partial charge in [0.2, 0.25) is 0 Å². The van der Waals surface area contributed by atoms with Crippen LogP contribution in [0.2, 0.25) is 0 Å². The average molecular weight is 382 g/mol. The predicted molar refractivity (Wildman–Crippen MR) is 90.0 cm³/mol. The largest absolute Gasteiger partial charge is 0.352 e. The van der Waals surface area contributed by atoms with Gasteiger partial charge in [-0.2, -0.15) is 0 Å². The van der Waals surface area contributed by atoms with E-state index in [0.717, 1.165) is 23.9 Å². The summed E-state index contributed by atoms with van der Waals surface area (Å²) in [5.74, 6) is 0.811. The van der Waals surface area contributed by atoms with Crippen LogP contribution in [0.15, 0.2) is 11.2 Å². The zero-order chi connectivity index (χ0) is 12.9.